The van der Waals surface area contributed by atoms with Crippen molar-refractivity contribution in [3.63, 3.8) is 0 Å². The quantitative estimate of drug-likeness (QED) is 0.691. The average Bonchev–Trinajstić information content (AvgIpc) is 2.37. The third-order valence-electron chi connectivity index (χ3n) is 3.31. The predicted molar refractivity (Wildman–Crippen MR) is 69.1 cm³/mol. The van der Waals surface area contributed by atoms with E-state index in [9.17, 15) is 9.59 Å². The first-order valence-corrected chi connectivity index (χ1v) is 6.78. The molecule has 18 heavy (non-hydrogen) atoms. The van der Waals surface area contributed by atoms with Crippen LogP contribution in [0.5, 0.6) is 0 Å². The van der Waals surface area contributed by atoms with Gasteiger partial charge in [-0.2, -0.15) is 0 Å². The van der Waals surface area contributed by atoms with Crippen molar-refractivity contribution < 1.29 is 14.3 Å². The van der Waals surface area contributed by atoms with Crippen LogP contribution in [-0.2, 0) is 14.3 Å². The fourth-order valence-electron chi connectivity index (χ4n) is 2.27. The summed E-state index contributed by atoms with van der Waals surface area (Å²) in [5.74, 6) is 0.0248. The first-order valence-electron chi connectivity index (χ1n) is 6.78. The van der Waals surface area contributed by atoms with E-state index in [-0.39, 0.29) is 23.8 Å². The molecule has 0 unspecified atom stereocenters. The standard InChI is InChI=1S/C13H24N2O3/c1-3-18-13(17)10-4-6-11(7-5-10)15-12(16)8-9-14-2/h10-11,14H,3-9H2,1-2H3,(H,15,16). The van der Waals surface area contributed by atoms with Gasteiger partial charge in [-0.15, -0.1) is 0 Å². The van der Waals surface area contributed by atoms with Crippen LogP contribution < -0.4 is 10.6 Å². The molecule has 0 aromatic heterocycles. The molecular formula is C13H24N2O3. The first-order chi connectivity index (χ1) is 8.67. The lowest BCUT2D eigenvalue weighted by atomic mass is 9.86. The average molecular weight is 256 g/mol. The fourth-order valence-corrected chi connectivity index (χ4v) is 2.27. The Morgan fingerprint density at radius 1 is 1.22 bits per heavy atom. The van der Waals surface area contributed by atoms with Gasteiger partial charge in [0, 0.05) is 19.0 Å². The molecule has 0 saturated heterocycles. The summed E-state index contributed by atoms with van der Waals surface area (Å²) in [5, 5.41) is 5.96. The van der Waals surface area contributed by atoms with Crippen molar-refractivity contribution in [3.8, 4) is 0 Å². The highest BCUT2D eigenvalue weighted by Crippen LogP contribution is 2.25. The number of carbonyl (C=O) groups is 2. The second-order valence-electron chi connectivity index (χ2n) is 4.72. The molecule has 1 aliphatic rings. The zero-order valence-corrected chi connectivity index (χ0v) is 11.3. The van der Waals surface area contributed by atoms with E-state index in [2.05, 4.69) is 10.6 Å². The summed E-state index contributed by atoms with van der Waals surface area (Å²) in [5.41, 5.74) is 0. The van der Waals surface area contributed by atoms with Gasteiger partial charge in [-0.25, -0.2) is 0 Å². The van der Waals surface area contributed by atoms with E-state index in [0.29, 0.717) is 19.6 Å². The molecule has 1 fully saturated rings. The topological polar surface area (TPSA) is 67.4 Å². The molecule has 0 aliphatic heterocycles. The Kier molecular flexibility index (Phi) is 6.72. The molecular weight excluding hydrogens is 232 g/mol. The Morgan fingerprint density at radius 3 is 2.44 bits per heavy atom. The molecule has 0 heterocycles. The minimum atomic E-state index is -0.0857. The van der Waals surface area contributed by atoms with Gasteiger partial charge in [0.05, 0.1) is 12.5 Å². The SMILES string of the molecule is CCOC(=O)C1CCC(NC(=O)CCNC)CC1. The Morgan fingerprint density at radius 2 is 1.89 bits per heavy atom. The molecule has 1 amide bonds. The van der Waals surface area contributed by atoms with Crippen LogP contribution in [0.4, 0.5) is 0 Å². The maximum Gasteiger partial charge on any atom is 0.308 e. The van der Waals surface area contributed by atoms with E-state index < -0.39 is 0 Å². The smallest absolute Gasteiger partial charge is 0.308 e. The van der Waals surface area contributed by atoms with E-state index >= 15 is 0 Å². The minimum Gasteiger partial charge on any atom is -0.466 e. The Labute approximate surface area is 109 Å². The zero-order valence-electron chi connectivity index (χ0n) is 11.3. The van der Waals surface area contributed by atoms with Crippen LogP contribution in [0.15, 0.2) is 0 Å². The Hall–Kier alpha value is -1.10. The van der Waals surface area contributed by atoms with Gasteiger partial charge < -0.3 is 15.4 Å². The summed E-state index contributed by atoms with van der Waals surface area (Å²) < 4.78 is 5.02. The molecule has 1 saturated carbocycles. The third kappa shape index (κ3) is 5.04. The van der Waals surface area contributed by atoms with Crippen LogP contribution in [0.1, 0.15) is 39.0 Å². The molecule has 104 valence electrons. The monoisotopic (exact) mass is 256 g/mol. The summed E-state index contributed by atoms with van der Waals surface area (Å²) in [4.78, 5) is 23.1. The van der Waals surface area contributed by atoms with Crippen molar-refractivity contribution in [1.29, 1.82) is 0 Å². The highest BCUT2D eigenvalue weighted by Gasteiger charge is 2.27. The van der Waals surface area contributed by atoms with Crippen LogP contribution >= 0.6 is 0 Å². The Balaban J connectivity index is 2.22. The summed E-state index contributed by atoms with van der Waals surface area (Å²) in [6.07, 6.45) is 3.88. The molecule has 0 atom stereocenters. The fraction of sp³-hybridized carbons (Fsp3) is 0.846. The molecule has 0 aromatic rings. The van der Waals surface area contributed by atoms with Crippen LogP contribution in [0.25, 0.3) is 0 Å². The van der Waals surface area contributed by atoms with Gasteiger partial charge in [0.25, 0.3) is 0 Å². The largest absolute Gasteiger partial charge is 0.466 e. The summed E-state index contributed by atoms with van der Waals surface area (Å²) in [6, 6.07) is 0.222. The highest BCUT2D eigenvalue weighted by atomic mass is 16.5. The molecule has 2 N–H and O–H groups in total. The van der Waals surface area contributed by atoms with E-state index in [1.165, 1.54) is 0 Å². The van der Waals surface area contributed by atoms with Crippen LogP contribution in [0.2, 0.25) is 0 Å². The van der Waals surface area contributed by atoms with Crippen molar-refractivity contribution >= 4 is 11.9 Å². The molecule has 1 aliphatic carbocycles. The predicted octanol–water partition coefficient (Wildman–Crippen LogP) is 0.834. The lowest BCUT2D eigenvalue weighted by Gasteiger charge is -2.27. The highest BCUT2D eigenvalue weighted by molar-refractivity contribution is 5.76. The van der Waals surface area contributed by atoms with Crippen molar-refractivity contribution in [3.05, 3.63) is 0 Å². The van der Waals surface area contributed by atoms with Gasteiger partial charge in [-0.1, -0.05) is 0 Å². The molecule has 0 bridgehead atoms. The zero-order chi connectivity index (χ0) is 13.4. The second kappa shape index (κ2) is 8.08. The number of hydrogen-bond acceptors (Lipinski definition) is 4. The van der Waals surface area contributed by atoms with Gasteiger partial charge in [0.1, 0.15) is 0 Å². The number of esters is 1. The van der Waals surface area contributed by atoms with E-state index in [1.54, 1.807) is 0 Å². The molecule has 5 heteroatoms. The number of rotatable bonds is 6. The van der Waals surface area contributed by atoms with Crippen LogP contribution in [0.3, 0.4) is 0 Å². The summed E-state index contributed by atoms with van der Waals surface area (Å²) in [6.45, 7) is 2.97. The van der Waals surface area contributed by atoms with Gasteiger partial charge >= 0.3 is 5.97 Å². The first kappa shape index (κ1) is 15.0. The van der Waals surface area contributed by atoms with E-state index in [4.69, 9.17) is 4.74 Å². The molecule has 0 spiro atoms. The maximum atomic E-state index is 11.6. The molecule has 0 aromatic carbocycles. The van der Waals surface area contributed by atoms with Gasteiger partial charge in [0.15, 0.2) is 0 Å². The van der Waals surface area contributed by atoms with Gasteiger partial charge in [-0.05, 0) is 39.7 Å². The number of amides is 1. The van der Waals surface area contributed by atoms with Gasteiger partial charge in [0.2, 0.25) is 5.91 Å². The Bertz CT molecular complexity index is 273. The number of ether oxygens (including phenoxy) is 1. The van der Waals surface area contributed by atoms with E-state index in [0.717, 1.165) is 25.7 Å². The normalized spacial score (nSPS) is 23.4. The molecule has 5 nitrogen and oxygen atoms in total. The van der Waals surface area contributed by atoms with Gasteiger partial charge in [-0.3, -0.25) is 9.59 Å². The molecule has 0 radical (unpaired) electrons. The minimum absolute atomic E-state index is 0.0235. The third-order valence-corrected chi connectivity index (χ3v) is 3.31. The lowest BCUT2D eigenvalue weighted by Crippen LogP contribution is -2.39. The maximum absolute atomic E-state index is 11.6. The molecule has 1 rings (SSSR count). The van der Waals surface area contributed by atoms with Crippen molar-refractivity contribution in [1.82, 2.24) is 10.6 Å². The number of carbonyl (C=O) groups excluding carboxylic acids is 2. The van der Waals surface area contributed by atoms with Crippen molar-refractivity contribution in [2.75, 3.05) is 20.2 Å². The second-order valence-corrected chi connectivity index (χ2v) is 4.72. The number of hydrogen-bond donors (Lipinski definition) is 2. The van der Waals surface area contributed by atoms with E-state index in [1.807, 2.05) is 14.0 Å². The lowest BCUT2D eigenvalue weighted by molar-refractivity contribution is -0.149. The summed E-state index contributed by atoms with van der Waals surface area (Å²) >= 11 is 0. The van der Waals surface area contributed by atoms with Crippen molar-refractivity contribution in [2.24, 2.45) is 5.92 Å². The van der Waals surface area contributed by atoms with Crippen LogP contribution in [-0.4, -0.2) is 38.1 Å². The number of nitrogens with one attached hydrogen (secondary N) is 2. The van der Waals surface area contributed by atoms with Crippen LogP contribution in [0, 0.1) is 5.92 Å². The van der Waals surface area contributed by atoms with Crippen molar-refractivity contribution in [2.45, 2.75) is 45.1 Å². The summed E-state index contributed by atoms with van der Waals surface area (Å²) in [7, 11) is 1.83.